The molecule has 0 aromatic carbocycles. The largest absolute Gasteiger partial charge is 0.312 e. The summed E-state index contributed by atoms with van der Waals surface area (Å²) in [5.41, 5.74) is -0.426. The molecule has 0 unspecified atom stereocenters. The second-order valence-electron chi connectivity index (χ2n) is 2.21. The molecule has 0 aliphatic rings. The first kappa shape index (κ1) is 8.70. The van der Waals surface area contributed by atoms with Gasteiger partial charge >= 0.3 is 5.92 Å². The van der Waals surface area contributed by atoms with Gasteiger partial charge in [-0.25, -0.2) is 0 Å². The van der Waals surface area contributed by atoms with E-state index in [9.17, 15) is 13.7 Å². The van der Waals surface area contributed by atoms with Crippen LogP contribution in [0.1, 0.15) is 5.69 Å². The van der Waals surface area contributed by atoms with Crippen LogP contribution in [0.5, 0.6) is 0 Å². The summed E-state index contributed by atoms with van der Waals surface area (Å²) in [4.78, 5) is 13.1. The van der Waals surface area contributed by atoms with Crippen molar-refractivity contribution in [3.05, 3.63) is 35.0 Å². The lowest BCUT2D eigenvalue weighted by Crippen LogP contribution is -2.18. The van der Waals surface area contributed by atoms with Crippen molar-refractivity contribution in [3.63, 3.8) is 0 Å². The van der Waals surface area contributed by atoms with E-state index in [1.165, 1.54) is 18.3 Å². The quantitative estimate of drug-likeness (QED) is 0.654. The fourth-order valence-corrected chi connectivity index (χ4v) is 0.741. The Morgan fingerprint density at radius 1 is 1.50 bits per heavy atom. The predicted molar refractivity (Wildman–Crippen MR) is 38.8 cm³/mol. The van der Waals surface area contributed by atoms with Gasteiger partial charge in [0.05, 0.1) is 0 Å². The van der Waals surface area contributed by atoms with E-state index in [-0.39, 0.29) is 0 Å². The van der Waals surface area contributed by atoms with Gasteiger partial charge in [0.2, 0.25) is 0 Å². The molecule has 0 radical (unpaired) electrons. The van der Waals surface area contributed by atoms with E-state index in [0.717, 1.165) is 6.07 Å². The Morgan fingerprint density at radius 3 is 2.75 bits per heavy atom. The maximum absolute atomic E-state index is 12.8. The van der Waals surface area contributed by atoms with Crippen LogP contribution in [-0.2, 0) is 5.92 Å². The lowest BCUT2D eigenvalue weighted by atomic mass is 10.2. The maximum Gasteiger partial charge on any atom is 0.312 e. The van der Waals surface area contributed by atoms with Gasteiger partial charge in [-0.3, -0.25) is 4.98 Å². The lowest BCUT2D eigenvalue weighted by Gasteiger charge is -2.10. The molecule has 0 aliphatic heterocycles. The fourth-order valence-electron chi connectivity index (χ4n) is 0.741. The van der Waals surface area contributed by atoms with Crippen LogP contribution >= 0.6 is 0 Å². The zero-order valence-corrected chi connectivity index (χ0v) is 6.08. The molecule has 3 nitrogen and oxygen atoms in total. The van der Waals surface area contributed by atoms with Gasteiger partial charge in [0.1, 0.15) is 5.69 Å². The molecule has 5 heteroatoms. The van der Waals surface area contributed by atoms with Crippen molar-refractivity contribution in [1.82, 2.24) is 4.98 Å². The van der Waals surface area contributed by atoms with Crippen LogP contribution in [-0.4, -0.2) is 11.5 Å². The van der Waals surface area contributed by atoms with Crippen molar-refractivity contribution in [2.24, 2.45) is 5.18 Å². The van der Waals surface area contributed by atoms with Gasteiger partial charge < -0.3 is 0 Å². The smallest absolute Gasteiger partial charge is 0.255 e. The monoisotopic (exact) mass is 172 g/mol. The van der Waals surface area contributed by atoms with Gasteiger partial charge in [0.25, 0.3) is 0 Å². The third-order valence-corrected chi connectivity index (χ3v) is 1.30. The molecular weight excluding hydrogens is 166 g/mol. The van der Waals surface area contributed by atoms with Crippen LogP contribution in [0.2, 0.25) is 0 Å². The highest BCUT2D eigenvalue weighted by Gasteiger charge is 2.33. The molecule has 0 bridgehead atoms. The second-order valence-corrected chi connectivity index (χ2v) is 2.21. The number of halogens is 2. The van der Waals surface area contributed by atoms with Crippen molar-refractivity contribution in [3.8, 4) is 0 Å². The summed E-state index contributed by atoms with van der Waals surface area (Å²) >= 11 is 0. The van der Waals surface area contributed by atoms with Crippen LogP contribution in [0, 0.1) is 4.91 Å². The molecule has 0 saturated heterocycles. The number of hydrogen-bond donors (Lipinski definition) is 0. The van der Waals surface area contributed by atoms with Crippen LogP contribution in [0.25, 0.3) is 0 Å². The summed E-state index contributed by atoms with van der Waals surface area (Å²) in [5, 5.41) is 2.14. The molecule has 12 heavy (non-hydrogen) atoms. The molecular formula is C7H6F2N2O. The van der Waals surface area contributed by atoms with Crippen LogP contribution < -0.4 is 0 Å². The van der Waals surface area contributed by atoms with E-state index in [1.807, 2.05) is 0 Å². The molecule has 0 saturated carbocycles. The van der Waals surface area contributed by atoms with Crippen LogP contribution in [0.4, 0.5) is 8.78 Å². The summed E-state index contributed by atoms with van der Waals surface area (Å²) < 4.78 is 25.6. The zero-order chi connectivity index (χ0) is 9.03. The van der Waals surface area contributed by atoms with Crippen molar-refractivity contribution < 1.29 is 8.78 Å². The third-order valence-electron chi connectivity index (χ3n) is 1.30. The van der Waals surface area contributed by atoms with E-state index >= 15 is 0 Å². The van der Waals surface area contributed by atoms with E-state index in [0.29, 0.717) is 0 Å². The summed E-state index contributed by atoms with van der Waals surface area (Å²) in [6.07, 6.45) is 1.24. The van der Waals surface area contributed by atoms with Gasteiger partial charge in [-0.15, -0.1) is 0 Å². The summed E-state index contributed by atoms with van der Waals surface area (Å²) in [6, 6.07) is 4.11. The summed E-state index contributed by atoms with van der Waals surface area (Å²) in [7, 11) is 0. The minimum atomic E-state index is -3.25. The van der Waals surface area contributed by atoms with E-state index in [4.69, 9.17) is 0 Å². The standard InChI is InChI=1S/C7H6F2N2O/c8-7(9,5-11-12)6-3-1-2-4-10-6/h1-4H,5H2. The SMILES string of the molecule is O=NCC(F)(F)c1ccccn1. The van der Waals surface area contributed by atoms with E-state index in [2.05, 4.69) is 10.2 Å². The Bertz CT molecular complexity index is 263. The second kappa shape index (κ2) is 3.34. The molecule has 0 aliphatic carbocycles. The summed E-state index contributed by atoms with van der Waals surface area (Å²) in [6.45, 7) is -1.07. The Kier molecular flexibility index (Phi) is 2.42. The topological polar surface area (TPSA) is 42.3 Å². The Labute approximate surface area is 67.4 Å². The first-order valence-electron chi connectivity index (χ1n) is 3.25. The predicted octanol–water partition coefficient (Wildman–Crippen LogP) is 1.94. The Morgan fingerprint density at radius 2 is 2.25 bits per heavy atom. The molecule has 0 amide bonds. The minimum Gasteiger partial charge on any atom is -0.255 e. The molecule has 0 spiro atoms. The average molecular weight is 172 g/mol. The van der Waals surface area contributed by atoms with Gasteiger partial charge in [-0.2, -0.15) is 13.7 Å². The number of nitroso groups, excluding NO2 is 1. The van der Waals surface area contributed by atoms with Gasteiger partial charge in [0.15, 0.2) is 6.54 Å². The normalized spacial score (nSPS) is 11.2. The van der Waals surface area contributed by atoms with E-state index in [1.54, 1.807) is 0 Å². The minimum absolute atomic E-state index is 0.426. The van der Waals surface area contributed by atoms with Crippen molar-refractivity contribution in [2.75, 3.05) is 6.54 Å². The third kappa shape index (κ3) is 1.81. The average Bonchev–Trinajstić information content (AvgIpc) is 2.06. The first-order valence-corrected chi connectivity index (χ1v) is 3.25. The highest BCUT2D eigenvalue weighted by atomic mass is 19.3. The van der Waals surface area contributed by atoms with Crippen molar-refractivity contribution in [2.45, 2.75) is 5.92 Å². The molecule has 64 valence electrons. The lowest BCUT2D eigenvalue weighted by molar-refractivity contribution is 0.00163. The molecule has 1 aromatic rings. The highest BCUT2D eigenvalue weighted by Crippen LogP contribution is 2.25. The Balaban J connectivity index is 2.89. The van der Waals surface area contributed by atoms with Gasteiger partial charge in [0, 0.05) is 6.20 Å². The number of alkyl halides is 2. The molecule has 0 N–H and O–H groups in total. The summed E-state index contributed by atoms with van der Waals surface area (Å²) in [5.74, 6) is -3.25. The molecule has 1 rings (SSSR count). The van der Waals surface area contributed by atoms with Gasteiger partial charge in [-0.1, -0.05) is 11.2 Å². The maximum atomic E-state index is 12.8. The van der Waals surface area contributed by atoms with Crippen LogP contribution in [0.3, 0.4) is 0 Å². The zero-order valence-electron chi connectivity index (χ0n) is 6.08. The molecule has 0 atom stereocenters. The first-order chi connectivity index (χ1) is 5.67. The molecule has 1 aromatic heterocycles. The Hall–Kier alpha value is -1.39. The van der Waals surface area contributed by atoms with E-state index < -0.39 is 18.2 Å². The highest BCUT2D eigenvalue weighted by molar-refractivity contribution is 5.10. The fraction of sp³-hybridized carbons (Fsp3) is 0.286. The van der Waals surface area contributed by atoms with Crippen molar-refractivity contribution >= 4 is 0 Å². The van der Waals surface area contributed by atoms with Crippen LogP contribution in [0.15, 0.2) is 29.6 Å². The molecule has 0 fully saturated rings. The number of hydrogen-bond acceptors (Lipinski definition) is 3. The molecule has 1 heterocycles. The number of nitrogens with zero attached hydrogens (tertiary/aromatic N) is 2. The number of pyridine rings is 1. The number of rotatable bonds is 3. The van der Waals surface area contributed by atoms with Gasteiger partial charge in [-0.05, 0) is 12.1 Å². The van der Waals surface area contributed by atoms with Crippen molar-refractivity contribution in [1.29, 1.82) is 0 Å². The number of aromatic nitrogens is 1.